The monoisotopic (exact) mass is 723 g/mol. The Morgan fingerprint density at radius 1 is 0.725 bits per heavy atom. The van der Waals surface area contributed by atoms with Crippen molar-refractivity contribution in [3.8, 4) is 0 Å². The smallest absolute Gasteiger partial charge is 0.312 e. The zero-order valence-corrected chi connectivity index (χ0v) is 30.6. The summed E-state index contributed by atoms with van der Waals surface area (Å²) in [7, 11) is 0. The highest BCUT2D eigenvalue weighted by molar-refractivity contribution is 5.98. The Balaban J connectivity index is 2.54. The van der Waals surface area contributed by atoms with Gasteiger partial charge in [-0.2, -0.15) is 0 Å². The van der Waals surface area contributed by atoms with Crippen molar-refractivity contribution >= 4 is 41.2 Å². The van der Waals surface area contributed by atoms with E-state index in [2.05, 4.69) is 21.3 Å². The summed E-state index contributed by atoms with van der Waals surface area (Å²) in [6.45, 7) is 11.5. The average Bonchev–Trinajstić information content (AvgIpc) is 3.07. The number of carbonyl (C=O) groups excluding carboxylic acids is 6. The molecular weight excluding hydrogens is 666 g/mol. The zero-order valence-electron chi connectivity index (χ0n) is 30.6. The molecule has 5 amide bonds. The number of Topliss-reactive ketones (excluding diaryl/α,β-unsaturated/α-hetero) is 1. The molecule has 2 atom stereocenters. The molecule has 16 heteroatoms. The molecule has 288 valence electrons. The van der Waals surface area contributed by atoms with Crippen LogP contribution in [0.15, 0.2) is 24.3 Å². The summed E-state index contributed by atoms with van der Waals surface area (Å²) in [4.78, 5) is 73.0. The van der Waals surface area contributed by atoms with Crippen LogP contribution in [0, 0.1) is 11.8 Å². The number of nitrogens with one attached hydrogen (secondary N) is 4. The molecule has 0 aliphatic carbocycles. The standard InChI is InChI=1S/C35H57N5O11/c1-24(2)31(40-30(42)13-16-48-18-20-50-22-21-49-19-17-47-15-12-26(5)41)33(44)39-29(7-6-14-37-35(36)46)32(43)38-28-10-8-27(9-11-28)23-51-34(45)25(3)4/h8-11,24-25,29,31H,6-7,12-23H2,1-5H3,(H,38,43)(H,39,44)(H,40,42)(H3,36,37,46)/t29-,31-/m0/s1. The maximum absolute atomic E-state index is 13.3. The van der Waals surface area contributed by atoms with Crippen molar-refractivity contribution in [2.45, 2.75) is 79.0 Å². The van der Waals surface area contributed by atoms with E-state index in [1.54, 1.807) is 52.0 Å². The van der Waals surface area contributed by atoms with Crippen LogP contribution in [0.25, 0.3) is 0 Å². The van der Waals surface area contributed by atoms with Gasteiger partial charge in [0.1, 0.15) is 24.5 Å². The van der Waals surface area contributed by atoms with Crippen molar-refractivity contribution in [2.75, 3.05) is 64.7 Å². The molecule has 0 aromatic heterocycles. The minimum atomic E-state index is -0.989. The van der Waals surface area contributed by atoms with Gasteiger partial charge in [0, 0.05) is 25.1 Å². The van der Waals surface area contributed by atoms with Crippen molar-refractivity contribution in [1.82, 2.24) is 16.0 Å². The number of hydrogen-bond acceptors (Lipinski definition) is 11. The summed E-state index contributed by atoms with van der Waals surface area (Å²) in [5.74, 6) is -2.20. The van der Waals surface area contributed by atoms with E-state index in [-0.39, 0.29) is 62.8 Å². The average molecular weight is 724 g/mol. The largest absolute Gasteiger partial charge is 0.461 e. The van der Waals surface area contributed by atoms with Crippen LogP contribution in [-0.4, -0.2) is 107 Å². The van der Waals surface area contributed by atoms with Crippen LogP contribution in [0.3, 0.4) is 0 Å². The number of rotatable bonds is 28. The molecule has 0 radical (unpaired) electrons. The van der Waals surface area contributed by atoms with E-state index in [4.69, 9.17) is 29.4 Å². The molecule has 0 saturated carbocycles. The molecule has 1 aromatic carbocycles. The maximum atomic E-state index is 13.3. The predicted octanol–water partition coefficient (Wildman–Crippen LogP) is 1.83. The SMILES string of the molecule is CC(=O)CCOCCOCCOCCOCCC(=O)N[C@H](C(=O)N[C@@H](CCCNC(N)=O)C(=O)Nc1ccc(COC(=O)C(C)C)cc1)C(C)C. The number of anilines is 1. The first-order valence-corrected chi connectivity index (χ1v) is 17.3. The van der Waals surface area contributed by atoms with Crippen LogP contribution < -0.4 is 27.0 Å². The van der Waals surface area contributed by atoms with E-state index in [1.807, 2.05) is 0 Å². The van der Waals surface area contributed by atoms with E-state index in [9.17, 15) is 28.8 Å². The summed E-state index contributed by atoms with van der Waals surface area (Å²) in [6, 6.07) is 4.12. The molecule has 0 bridgehead atoms. The summed E-state index contributed by atoms with van der Waals surface area (Å²) < 4.78 is 26.8. The van der Waals surface area contributed by atoms with Crippen molar-refractivity contribution in [3.05, 3.63) is 29.8 Å². The fourth-order valence-electron chi connectivity index (χ4n) is 4.21. The van der Waals surface area contributed by atoms with E-state index < -0.39 is 35.8 Å². The second-order valence-electron chi connectivity index (χ2n) is 12.4. The zero-order chi connectivity index (χ0) is 38.0. The molecule has 1 rings (SSSR count). The number of ether oxygens (including phenoxy) is 5. The number of carbonyl (C=O) groups is 6. The normalized spacial score (nSPS) is 12.2. The number of benzene rings is 1. The fraction of sp³-hybridized carbons (Fsp3) is 0.657. The molecule has 0 saturated heterocycles. The molecule has 0 heterocycles. The van der Waals surface area contributed by atoms with Gasteiger partial charge in [-0.05, 0) is 43.4 Å². The molecule has 51 heavy (non-hydrogen) atoms. The van der Waals surface area contributed by atoms with Crippen LogP contribution in [0.2, 0.25) is 0 Å². The van der Waals surface area contributed by atoms with Crippen LogP contribution >= 0.6 is 0 Å². The van der Waals surface area contributed by atoms with Gasteiger partial charge in [-0.25, -0.2) is 4.79 Å². The molecule has 6 N–H and O–H groups in total. The van der Waals surface area contributed by atoms with Gasteiger partial charge in [0.25, 0.3) is 0 Å². The number of nitrogens with two attached hydrogens (primary N) is 1. The van der Waals surface area contributed by atoms with Gasteiger partial charge in [-0.15, -0.1) is 0 Å². The molecule has 1 aromatic rings. The predicted molar refractivity (Wildman–Crippen MR) is 188 cm³/mol. The third-order valence-corrected chi connectivity index (χ3v) is 7.13. The van der Waals surface area contributed by atoms with Gasteiger partial charge in [-0.1, -0.05) is 39.8 Å². The Hall–Kier alpha value is -4.12. The maximum Gasteiger partial charge on any atom is 0.312 e. The Kier molecular flexibility index (Phi) is 23.5. The number of esters is 1. The van der Waals surface area contributed by atoms with Crippen LogP contribution in [0.1, 0.15) is 65.9 Å². The van der Waals surface area contributed by atoms with Gasteiger partial charge in [0.15, 0.2) is 0 Å². The number of primary amides is 1. The van der Waals surface area contributed by atoms with Crippen molar-refractivity contribution < 1.29 is 52.5 Å². The highest BCUT2D eigenvalue weighted by Crippen LogP contribution is 2.13. The molecule has 16 nitrogen and oxygen atoms in total. The van der Waals surface area contributed by atoms with Crippen LogP contribution in [-0.2, 0) is 54.3 Å². The van der Waals surface area contributed by atoms with E-state index in [1.165, 1.54) is 6.92 Å². The van der Waals surface area contributed by atoms with Gasteiger partial charge >= 0.3 is 12.0 Å². The number of hydrogen-bond donors (Lipinski definition) is 5. The van der Waals surface area contributed by atoms with Gasteiger partial charge in [0.05, 0.1) is 58.8 Å². The first-order valence-electron chi connectivity index (χ1n) is 17.3. The Morgan fingerprint density at radius 2 is 1.27 bits per heavy atom. The summed E-state index contributed by atoms with van der Waals surface area (Å²) in [5.41, 5.74) is 6.34. The van der Waals surface area contributed by atoms with E-state index in [0.717, 1.165) is 5.56 Å². The first-order chi connectivity index (χ1) is 24.3. The Morgan fingerprint density at radius 3 is 1.78 bits per heavy atom. The van der Waals surface area contributed by atoms with Crippen LogP contribution in [0.4, 0.5) is 10.5 Å². The van der Waals surface area contributed by atoms with E-state index >= 15 is 0 Å². The summed E-state index contributed by atoms with van der Waals surface area (Å²) in [5, 5.41) is 10.7. The van der Waals surface area contributed by atoms with E-state index in [0.29, 0.717) is 58.2 Å². The molecular formula is C35H57N5O11. The van der Waals surface area contributed by atoms with Crippen molar-refractivity contribution in [1.29, 1.82) is 0 Å². The highest BCUT2D eigenvalue weighted by Gasteiger charge is 2.29. The van der Waals surface area contributed by atoms with Crippen molar-refractivity contribution in [2.24, 2.45) is 17.6 Å². The molecule has 0 spiro atoms. The highest BCUT2D eigenvalue weighted by atomic mass is 16.6. The summed E-state index contributed by atoms with van der Waals surface area (Å²) >= 11 is 0. The minimum absolute atomic E-state index is 0.0125. The van der Waals surface area contributed by atoms with Crippen molar-refractivity contribution in [3.63, 3.8) is 0 Å². The molecule has 0 aliphatic heterocycles. The summed E-state index contributed by atoms with van der Waals surface area (Å²) in [6.07, 6.45) is 0.919. The number of ketones is 1. The fourth-order valence-corrected chi connectivity index (χ4v) is 4.21. The molecule has 0 aliphatic rings. The topological polar surface area (TPSA) is 223 Å². The lowest BCUT2D eigenvalue weighted by Gasteiger charge is -2.25. The van der Waals surface area contributed by atoms with Crippen LogP contribution in [0.5, 0.6) is 0 Å². The second-order valence-corrected chi connectivity index (χ2v) is 12.4. The Bertz CT molecular complexity index is 1210. The van der Waals surface area contributed by atoms with Gasteiger partial charge in [0.2, 0.25) is 17.7 Å². The molecule has 0 unspecified atom stereocenters. The lowest BCUT2D eigenvalue weighted by Crippen LogP contribution is -2.54. The Labute approximate surface area is 300 Å². The molecule has 0 fully saturated rings. The number of amides is 5. The second kappa shape index (κ2) is 26.7. The lowest BCUT2D eigenvalue weighted by molar-refractivity contribution is -0.148. The number of urea groups is 1. The third kappa shape index (κ3) is 22.3. The quantitative estimate of drug-likeness (QED) is 0.0620. The minimum Gasteiger partial charge on any atom is -0.461 e. The van der Waals surface area contributed by atoms with Gasteiger partial charge in [-0.3, -0.25) is 24.0 Å². The first kappa shape index (κ1) is 44.9. The third-order valence-electron chi connectivity index (χ3n) is 7.13. The lowest BCUT2D eigenvalue weighted by atomic mass is 10.0. The van der Waals surface area contributed by atoms with Gasteiger partial charge < -0.3 is 50.7 Å².